The summed E-state index contributed by atoms with van der Waals surface area (Å²) in [5.74, 6) is 0.150. The van der Waals surface area contributed by atoms with Crippen molar-refractivity contribution in [1.82, 2.24) is 10.1 Å². The third-order valence-corrected chi connectivity index (χ3v) is 3.60. The molecule has 1 heterocycles. The number of halogens is 1. The van der Waals surface area contributed by atoms with E-state index in [1.165, 1.54) is 6.07 Å². The first-order valence-corrected chi connectivity index (χ1v) is 6.52. The van der Waals surface area contributed by atoms with Crippen LogP contribution < -0.4 is 0 Å². The summed E-state index contributed by atoms with van der Waals surface area (Å²) in [7, 11) is 0. The Morgan fingerprint density at radius 1 is 1.21 bits per heavy atom. The first-order valence-electron chi connectivity index (χ1n) is 6.52. The van der Waals surface area contributed by atoms with Gasteiger partial charge in [0.05, 0.1) is 17.6 Å². The number of hydrogen-bond acceptors (Lipinski definition) is 4. The highest BCUT2D eigenvalue weighted by Gasteiger charge is 2.29. The number of nitrogens with zero attached hydrogens (tertiary/aromatic N) is 2. The Balaban J connectivity index is 1.89. The van der Waals surface area contributed by atoms with Gasteiger partial charge in [0.1, 0.15) is 5.82 Å². The standard InChI is InChI=1S/C14H15FN2O2/c15-11-7-3-1-5-9(11)13-16-14(19-17-13)10-6-2-4-8-12(10)18/h1,3,5,7,10,12,18H,2,4,6,8H2. The first kappa shape index (κ1) is 12.3. The number of rotatable bonds is 2. The second kappa shape index (κ2) is 5.09. The van der Waals surface area contributed by atoms with Crippen molar-refractivity contribution in [2.24, 2.45) is 0 Å². The second-order valence-electron chi connectivity index (χ2n) is 4.89. The molecule has 2 aromatic rings. The lowest BCUT2D eigenvalue weighted by Gasteiger charge is -2.24. The van der Waals surface area contributed by atoms with E-state index in [1.54, 1.807) is 18.2 Å². The van der Waals surface area contributed by atoms with Crippen LogP contribution in [-0.2, 0) is 0 Å². The highest BCUT2D eigenvalue weighted by Crippen LogP contribution is 2.33. The maximum atomic E-state index is 13.6. The number of benzene rings is 1. The highest BCUT2D eigenvalue weighted by atomic mass is 19.1. The molecule has 1 aliphatic carbocycles. The Bertz CT molecular complexity index is 570. The van der Waals surface area contributed by atoms with Crippen LogP contribution in [0.2, 0.25) is 0 Å². The molecule has 5 heteroatoms. The van der Waals surface area contributed by atoms with Gasteiger partial charge in [0, 0.05) is 0 Å². The summed E-state index contributed by atoms with van der Waals surface area (Å²) in [6, 6.07) is 6.32. The van der Waals surface area contributed by atoms with E-state index in [9.17, 15) is 9.50 Å². The van der Waals surface area contributed by atoms with Crippen LogP contribution in [0.3, 0.4) is 0 Å². The SMILES string of the molecule is OC1CCCCC1c1nc(-c2ccccc2F)no1. The van der Waals surface area contributed by atoms with Crippen molar-refractivity contribution in [3.63, 3.8) is 0 Å². The lowest BCUT2D eigenvalue weighted by atomic mass is 9.86. The second-order valence-corrected chi connectivity index (χ2v) is 4.89. The Hall–Kier alpha value is -1.75. The van der Waals surface area contributed by atoms with E-state index < -0.39 is 6.10 Å². The van der Waals surface area contributed by atoms with Crippen molar-refractivity contribution < 1.29 is 14.0 Å². The Morgan fingerprint density at radius 3 is 2.79 bits per heavy atom. The van der Waals surface area contributed by atoms with Crippen molar-refractivity contribution in [2.75, 3.05) is 0 Å². The lowest BCUT2D eigenvalue weighted by Crippen LogP contribution is -2.22. The number of hydrogen-bond donors (Lipinski definition) is 1. The Labute approximate surface area is 110 Å². The van der Waals surface area contributed by atoms with Crippen molar-refractivity contribution in [3.05, 3.63) is 36.0 Å². The molecule has 2 atom stereocenters. The minimum absolute atomic E-state index is 0.123. The number of aliphatic hydroxyl groups is 1. The molecule has 2 unspecified atom stereocenters. The van der Waals surface area contributed by atoms with Gasteiger partial charge in [0.15, 0.2) is 0 Å². The van der Waals surface area contributed by atoms with Crippen molar-refractivity contribution >= 4 is 0 Å². The summed E-state index contributed by atoms with van der Waals surface area (Å²) < 4.78 is 18.8. The van der Waals surface area contributed by atoms with E-state index in [-0.39, 0.29) is 17.6 Å². The molecule has 100 valence electrons. The topological polar surface area (TPSA) is 59.2 Å². The molecule has 0 amide bonds. The predicted molar refractivity (Wildman–Crippen MR) is 66.9 cm³/mol. The molecule has 0 aliphatic heterocycles. The molecule has 0 spiro atoms. The largest absolute Gasteiger partial charge is 0.392 e. The maximum absolute atomic E-state index is 13.6. The van der Waals surface area contributed by atoms with Crippen molar-refractivity contribution in [2.45, 2.75) is 37.7 Å². The molecule has 1 aromatic heterocycles. The van der Waals surface area contributed by atoms with Crippen LogP contribution in [0.4, 0.5) is 4.39 Å². The maximum Gasteiger partial charge on any atom is 0.232 e. The van der Waals surface area contributed by atoms with Gasteiger partial charge in [-0.3, -0.25) is 0 Å². The molecular weight excluding hydrogens is 247 g/mol. The molecule has 4 nitrogen and oxygen atoms in total. The monoisotopic (exact) mass is 262 g/mol. The van der Waals surface area contributed by atoms with E-state index in [0.29, 0.717) is 11.5 Å². The highest BCUT2D eigenvalue weighted by molar-refractivity contribution is 5.54. The molecule has 0 radical (unpaired) electrons. The fourth-order valence-electron chi connectivity index (χ4n) is 2.54. The minimum atomic E-state index is -0.442. The van der Waals surface area contributed by atoms with Crippen LogP contribution in [0.25, 0.3) is 11.4 Å². The summed E-state index contributed by atoms with van der Waals surface area (Å²) in [6.45, 7) is 0. The minimum Gasteiger partial charge on any atom is -0.392 e. The van der Waals surface area contributed by atoms with Crippen LogP contribution in [-0.4, -0.2) is 21.4 Å². The summed E-state index contributed by atoms with van der Waals surface area (Å²) >= 11 is 0. The molecule has 1 fully saturated rings. The molecule has 1 aliphatic rings. The molecule has 1 aromatic carbocycles. The van der Waals surface area contributed by atoms with E-state index in [1.807, 2.05) is 0 Å². The normalized spacial score (nSPS) is 23.5. The van der Waals surface area contributed by atoms with Gasteiger partial charge in [-0.1, -0.05) is 30.1 Å². The molecule has 1 N–H and O–H groups in total. The van der Waals surface area contributed by atoms with Crippen LogP contribution in [0.15, 0.2) is 28.8 Å². The summed E-state index contributed by atoms with van der Waals surface area (Å²) in [4.78, 5) is 4.24. The fourth-order valence-corrected chi connectivity index (χ4v) is 2.54. The third kappa shape index (κ3) is 2.38. The van der Waals surface area contributed by atoms with Gasteiger partial charge < -0.3 is 9.63 Å². The zero-order valence-corrected chi connectivity index (χ0v) is 10.4. The molecule has 19 heavy (non-hydrogen) atoms. The molecule has 3 rings (SSSR count). The zero-order chi connectivity index (χ0) is 13.2. The third-order valence-electron chi connectivity index (χ3n) is 3.60. The average molecular weight is 262 g/mol. The quantitative estimate of drug-likeness (QED) is 0.904. The molecule has 0 saturated heterocycles. The lowest BCUT2D eigenvalue weighted by molar-refractivity contribution is 0.0908. The van der Waals surface area contributed by atoms with E-state index >= 15 is 0 Å². The molecule has 0 bridgehead atoms. The zero-order valence-electron chi connectivity index (χ0n) is 10.4. The molecule has 1 saturated carbocycles. The number of aromatic nitrogens is 2. The Morgan fingerprint density at radius 2 is 2.00 bits per heavy atom. The van der Waals surface area contributed by atoms with E-state index in [0.717, 1.165) is 25.7 Å². The summed E-state index contributed by atoms with van der Waals surface area (Å²) in [5, 5.41) is 13.8. The van der Waals surface area contributed by atoms with E-state index in [2.05, 4.69) is 10.1 Å². The smallest absolute Gasteiger partial charge is 0.232 e. The Kier molecular flexibility index (Phi) is 3.29. The van der Waals surface area contributed by atoms with Gasteiger partial charge in [0.2, 0.25) is 11.7 Å². The number of aliphatic hydroxyl groups excluding tert-OH is 1. The van der Waals surface area contributed by atoms with Crippen LogP contribution in [0, 0.1) is 5.82 Å². The summed E-state index contributed by atoms with van der Waals surface area (Å²) in [5.41, 5.74) is 0.322. The summed E-state index contributed by atoms with van der Waals surface area (Å²) in [6.07, 6.45) is 3.20. The van der Waals surface area contributed by atoms with Gasteiger partial charge in [-0.05, 0) is 25.0 Å². The fraction of sp³-hybridized carbons (Fsp3) is 0.429. The van der Waals surface area contributed by atoms with Crippen LogP contribution in [0.5, 0.6) is 0 Å². The first-order chi connectivity index (χ1) is 9.25. The van der Waals surface area contributed by atoms with Gasteiger partial charge in [-0.25, -0.2) is 4.39 Å². The average Bonchev–Trinajstić information content (AvgIpc) is 2.89. The van der Waals surface area contributed by atoms with Crippen LogP contribution >= 0.6 is 0 Å². The van der Waals surface area contributed by atoms with Gasteiger partial charge >= 0.3 is 0 Å². The van der Waals surface area contributed by atoms with Gasteiger partial charge in [-0.15, -0.1) is 0 Å². The predicted octanol–water partition coefficient (Wildman–Crippen LogP) is 2.89. The van der Waals surface area contributed by atoms with Crippen molar-refractivity contribution in [3.8, 4) is 11.4 Å². The van der Waals surface area contributed by atoms with Gasteiger partial charge in [0.25, 0.3) is 0 Å². The van der Waals surface area contributed by atoms with Crippen LogP contribution in [0.1, 0.15) is 37.5 Å². The van der Waals surface area contributed by atoms with E-state index in [4.69, 9.17) is 4.52 Å². The van der Waals surface area contributed by atoms with Gasteiger partial charge in [-0.2, -0.15) is 4.98 Å². The van der Waals surface area contributed by atoms with Crippen molar-refractivity contribution in [1.29, 1.82) is 0 Å². The molecular formula is C14H15FN2O2.